The summed E-state index contributed by atoms with van der Waals surface area (Å²) in [6, 6.07) is 3.18. The number of nitro groups is 1. The fourth-order valence-electron chi connectivity index (χ4n) is 1.86. The van der Waals surface area contributed by atoms with Gasteiger partial charge in [-0.05, 0) is 24.5 Å². The van der Waals surface area contributed by atoms with Crippen LogP contribution in [-0.2, 0) is 9.53 Å². The van der Waals surface area contributed by atoms with Gasteiger partial charge in [-0.25, -0.2) is 4.79 Å². The third-order valence-electron chi connectivity index (χ3n) is 3.07. The molecule has 0 saturated carbocycles. The van der Waals surface area contributed by atoms with E-state index in [2.05, 4.69) is 10.1 Å². The predicted octanol–water partition coefficient (Wildman–Crippen LogP) is 1.83. The normalized spacial score (nSPS) is 11.9. The van der Waals surface area contributed by atoms with Crippen molar-refractivity contribution in [3.8, 4) is 0 Å². The van der Waals surface area contributed by atoms with Crippen LogP contribution in [0.1, 0.15) is 29.8 Å². The van der Waals surface area contributed by atoms with Gasteiger partial charge in [-0.2, -0.15) is 0 Å². The Balaban J connectivity index is 2.98. The molecule has 1 amide bonds. The highest BCUT2D eigenvalue weighted by Gasteiger charge is 2.26. The number of nitrogens with one attached hydrogen (secondary N) is 1. The molecule has 0 radical (unpaired) electrons. The number of hydrogen-bond donors (Lipinski definition) is 1. The topological polar surface area (TPSA) is 98.5 Å². The number of hydrogen-bond acceptors (Lipinski definition) is 5. The molecule has 0 aromatic heterocycles. The van der Waals surface area contributed by atoms with Crippen molar-refractivity contribution in [2.75, 3.05) is 7.11 Å². The van der Waals surface area contributed by atoms with Gasteiger partial charge in [0.2, 0.25) is 0 Å². The molecule has 0 heterocycles. The molecule has 114 valence electrons. The number of amides is 1. The zero-order chi connectivity index (χ0) is 16.2. The Bertz CT molecular complexity index is 568. The first kappa shape index (κ1) is 16.6. The van der Waals surface area contributed by atoms with Crippen molar-refractivity contribution in [3.63, 3.8) is 0 Å². The molecule has 0 aliphatic carbocycles. The molecule has 7 heteroatoms. The van der Waals surface area contributed by atoms with Crippen molar-refractivity contribution < 1.29 is 19.2 Å². The van der Waals surface area contributed by atoms with E-state index >= 15 is 0 Å². The number of esters is 1. The third kappa shape index (κ3) is 4.01. The minimum Gasteiger partial charge on any atom is -0.467 e. The number of methoxy groups -OCH3 is 1. The van der Waals surface area contributed by atoms with E-state index in [9.17, 15) is 19.7 Å². The van der Waals surface area contributed by atoms with Crippen molar-refractivity contribution >= 4 is 17.6 Å². The van der Waals surface area contributed by atoms with Gasteiger partial charge < -0.3 is 10.1 Å². The molecule has 0 bridgehead atoms. The van der Waals surface area contributed by atoms with E-state index in [0.29, 0.717) is 5.56 Å². The summed E-state index contributed by atoms with van der Waals surface area (Å²) in [6.07, 6.45) is 0. The highest BCUT2D eigenvalue weighted by atomic mass is 16.6. The van der Waals surface area contributed by atoms with Crippen LogP contribution in [0.25, 0.3) is 0 Å². The summed E-state index contributed by atoms with van der Waals surface area (Å²) in [5.41, 5.74) is 0.668. The Labute approximate surface area is 122 Å². The molecule has 21 heavy (non-hydrogen) atoms. The van der Waals surface area contributed by atoms with E-state index in [0.717, 1.165) is 0 Å². The molecule has 0 fully saturated rings. The van der Waals surface area contributed by atoms with Crippen LogP contribution < -0.4 is 5.32 Å². The highest BCUT2D eigenvalue weighted by molar-refractivity contribution is 5.98. The van der Waals surface area contributed by atoms with Gasteiger partial charge in [0.25, 0.3) is 11.6 Å². The molecular weight excluding hydrogens is 276 g/mol. The summed E-state index contributed by atoms with van der Waals surface area (Å²) in [4.78, 5) is 34.0. The highest BCUT2D eigenvalue weighted by Crippen LogP contribution is 2.17. The fraction of sp³-hybridized carbons (Fsp3) is 0.429. The number of carbonyl (C=O) groups excluding carboxylic acids is 2. The molecular formula is C14H18N2O5. The zero-order valence-electron chi connectivity index (χ0n) is 12.4. The van der Waals surface area contributed by atoms with E-state index < -0.39 is 22.8 Å². The second-order valence-electron chi connectivity index (χ2n) is 4.97. The lowest BCUT2D eigenvalue weighted by atomic mass is 10.0. The monoisotopic (exact) mass is 294 g/mol. The lowest BCUT2D eigenvalue weighted by Gasteiger charge is -2.20. The van der Waals surface area contributed by atoms with E-state index in [1.165, 1.54) is 25.3 Å². The van der Waals surface area contributed by atoms with Gasteiger partial charge >= 0.3 is 5.97 Å². The molecule has 7 nitrogen and oxygen atoms in total. The van der Waals surface area contributed by atoms with E-state index in [1.54, 1.807) is 20.8 Å². The zero-order valence-corrected chi connectivity index (χ0v) is 12.4. The maximum Gasteiger partial charge on any atom is 0.328 e. The molecule has 1 N–H and O–H groups in total. The molecule has 0 aliphatic heterocycles. The minimum absolute atomic E-state index is 0.0857. The number of non-ortho nitro benzene ring substituents is 1. The number of rotatable bonds is 5. The first-order chi connectivity index (χ1) is 9.77. The maximum absolute atomic E-state index is 12.2. The summed E-state index contributed by atoms with van der Waals surface area (Å²) in [6.45, 7) is 5.17. The molecule has 1 rings (SSSR count). The number of ether oxygens (including phenoxy) is 1. The molecule has 0 saturated heterocycles. The van der Waals surface area contributed by atoms with Gasteiger partial charge in [-0.15, -0.1) is 0 Å². The molecule has 1 aromatic rings. The van der Waals surface area contributed by atoms with Gasteiger partial charge in [0.15, 0.2) is 0 Å². The third-order valence-corrected chi connectivity index (χ3v) is 3.07. The van der Waals surface area contributed by atoms with E-state index in [4.69, 9.17) is 0 Å². The maximum atomic E-state index is 12.2. The number of carbonyl (C=O) groups is 2. The van der Waals surface area contributed by atoms with Crippen LogP contribution in [0.2, 0.25) is 0 Å². The van der Waals surface area contributed by atoms with Crippen molar-refractivity contribution in [1.29, 1.82) is 0 Å². The quantitative estimate of drug-likeness (QED) is 0.507. The first-order valence-electron chi connectivity index (χ1n) is 6.41. The van der Waals surface area contributed by atoms with Crippen LogP contribution in [0.4, 0.5) is 5.69 Å². The number of nitrogens with zero attached hydrogens (tertiary/aromatic N) is 1. The second kappa shape index (κ2) is 6.83. The average molecular weight is 294 g/mol. The second-order valence-corrected chi connectivity index (χ2v) is 4.97. The summed E-state index contributed by atoms with van der Waals surface area (Å²) in [5, 5.41) is 13.3. The molecule has 1 unspecified atom stereocenters. The molecule has 1 atom stereocenters. The largest absolute Gasteiger partial charge is 0.467 e. The molecule has 1 aromatic carbocycles. The van der Waals surface area contributed by atoms with Crippen molar-refractivity contribution in [1.82, 2.24) is 5.32 Å². The van der Waals surface area contributed by atoms with Crippen LogP contribution in [0.5, 0.6) is 0 Å². The van der Waals surface area contributed by atoms with Crippen LogP contribution in [0, 0.1) is 23.0 Å². The van der Waals surface area contributed by atoms with Gasteiger partial charge in [0.05, 0.1) is 12.0 Å². The smallest absolute Gasteiger partial charge is 0.328 e. The number of benzene rings is 1. The SMILES string of the molecule is COC(=O)C(NC(=O)c1ccc([N+](=O)[O-])cc1C)C(C)C. The van der Waals surface area contributed by atoms with Crippen molar-refractivity contribution in [3.05, 3.63) is 39.4 Å². The lowest BCUT2D eigenvalue weighted by Crippen LogP contribution is -2.45. The Hall–Kier alpha value is -2.44. The van der Waals surface area contributed by atoms with Crippen LogP contribution >= 0.6 is 0 Å². The number of aryl methyl sites for hydroxylation is 1. The Morgan fingerprint density at radius 3 is 2.38 bits per heavy atom. The summed E-state index contributed by atoms with van der Waals surface area (Å²) < 4.78 is 4.65. The van der Waals surface area contributed by atoms with E-state index in [-0.39, 0.29) is 17.2 Å². The van der Waals surface area contributed by atoms with Crippen molar-refractivity contribution in [2.24, 2.45) is 5.92 Å². The van der Waals surface area contributed by atoms with Crippen LogP contribution in [0.15, 0.2) is 18.2 Å². The van der Waals surface area contributed by atoms with Crippen LogP contribution in [0.3, 0.4) is 0 Å². The van der Waals surface area contributed by atoms with Gasteiger partial charge in [0, 0.05) is 17.7 Å². The van der Waals surface area contributed by atoms with Crippen molar-refractivity contribution in [2.45, 2.75) is 26.8 Å². The average Bonchev–Trinajstić information content (AvgIpc) is 2.42. The first-order valence-corrected chi connectivity index (χ1v) is 6.41. The van der Waals surface area contributed by atoms with Crippen LogP contribution in [-0.4, -0.2) is 30.0 Å². The summed E-state index contributed by atoms with van der Waals surface area (Å²) in [7, 11) is 1.25. The lowest BCUT2D eigenvalue weighted by molar-refractivity contribution is -0.384. The van der Waals surface area contributed by atoms with Gasteiger partial charge in [0.1, 0.15) is 6.04 Å². The minimum atomic E-state index is -0.767. The Morgan fingerprint density at radius 2 is 1.95 bits per heavy atom. The Morgan fingerprint density at radius 1 is 1.33 bits per heavy atom. The summed E-state index contributed by atoms with van der Waals surface area (Å²) in [5.74, 6) is -1.14. The predicted molar refractivity (Wildman–Crippen MR) is 75.9 cm³/mol. The Kier molecular flexibility index (Phi) is 5.40. The number of nitro benzene ring substituents is 1. The standard InChI is InChI=1S/C14H18N2O5/c1-8(2)12(14(18)21-4)15-13(17)11-6-5-10(16(19)20)7-9(11)3/h5-8,12H,1-4H3,(H,15,17). The van der Waals surface area contributed by atoms with Gasteiger partial charge in [-0.3, -0.25) is 14.9 Å². The molecule has 0 spiro atoms. The molecule has 0 aliphatic rings. The van der Waals surface area contributed by atoms with Gasteiger partial charge in [-0.1, -0.05) is 13.8 Å². The van der Waals surface area contributed by atoms with E-state index in [1.807, 2.05) is 0 Å². The summed E-state index contributed by atoms with van der Waals surface area (Å²) >= 11 is 0. The fourth-order valence-corrected chi connectivity index (χ4v) is 1.86.